The number of para-hydroxylation sites is 2. The average molecular weight is 528 g/mol. The fourth-order valence-corrected chi connectivity index (χ4v) is 7.06. The quantitative estimate of drug-likeness (QED) is 0.229. The van der Waals surface area contributed by atoms with Gasteiger partial charge in [0.15, 0.2) is 0 Å². The maximum absolute atomic E-state index is 9.59. The summed E-state index contributed by atoms with van der Waals surface area (Å²) in [6.45, 7) is 0. The summed E-state index contributed by atoms with van der Waals surface area (Å²) in [5, 5.41) is 14.4. The Morgan fingerprint density at radius 1 is 0.525 bits per heavy atom. The predicted octanol–water partition coefficient (Wildman–Crippen LogP) is 10.8. The van der Waals surface area contributed by atoms with E-state index in [-0.39, 0.29) is 0 Å². The highest BCUT2D eigenvalue weighted by Crippen LogP contribution is 2.43. The zero-order chi connectivity index (χ0) is 26.6. The lowest BCUT2D eigenvalue weighted by molar-refractivity contribution is 0.670. The van der Waals surface area contributed by atoms with Crippen molar-refractivity contribution in [1.82, 2.24) is 0 Å². The number of thiophene rings is 1. The minimum absolute atomic E-state index is 0.649. The van der Waals surface area contributed by atoms with E-state index in [1.807, 2.05) is 41.7 Å². The summed E-state index contributed by atoms with van der Waals surface area (Å²) in [7, 11) is 0. The van der Waals surface area contributed by atoms with E-state index in [1.54, 1.807) is 0 Å². The van der Waals surface area contributed by atoms with Crippen molar-refractivity contribution in [3.63, 3.8) is 0 Å². The normalized spacial score (nSPS) is 11.5. The summed E-state index contributed by atoms with van der Waals surface area (Å²) in [5.74, 6) is 0. The smallest absolute Gasteiger partial charge is 0.143 e. The lowest BCUT2D eigenvalue weighted by atomic mass is 9.92. The molecule has 40 heavy (non-hydrogen) atoms. The summed E-state index contributed by atoms with van der Waals surface area (Å²) in [4.78, 5) is 0. The Morgan fingerprint density at radius 2 is 1.20 bits per heavy atom. The number of hydrogen-bond acceptors (Lipinski definition) is 3. The van der Waals surface area contributed by atoms with E-state index in [1.165, 1.54) is 25.7 Å². The third kappa shape index (κ3) is 3.55. The van der Waals surface area contributed by atoms with Gasteiger partial charge in [-0.15, -0.1) is 11.3 Å². The second-order valence-corrected chi connectivity index (χ2v) is 11.1. The molecule has 2 nitrogen and oxygen atoms in total. The molecule has 0 N–H and O–H groups in total. The minimum atomic E-state index is 0.649. The topological polar surface area (TPSA) is 36.9 Å². The maximum atomic E-state index is 9.59. The van der Waals surface area contributed by atoms with Crippen molar-refractivity contribution >= 4 is 53.4 Å². The molecule has 2 heterocycles. The lowest BCUT2D eigenvalue weighted by Crippen LogP contribution is -1.88. The molecule has 0 saturated carbocycles. The molecule has 0 bridgehead atoms. The average Bonchev–Trinajstić information content (AvgIpc) is 3.59. The van der Waals surface area contributed by atoms with Crippen LogP contribution in [0.1, 0.15) is 5.56 Å². The third-order valence-corrected chi connectivity index (χ3v) is 8.91. The molecule has 6 aromatic carbocycles. The van der Waals surface area contributed by atoms with Gasteiger partial charge in [0.25, 0.3) is 0 Å². The molecule has 0 fully saturated rings. The Balaban J connectivity index is 1.43. The molecule has 0 aliphatic rings. The number of furan rings is 1. The Morgan fingerprint density at radius 3 is 2.08 bits per heavy atom. The highest BCUT2D eigenvalue weighted by Gasteiger charge is 2.16. The van der Waals surface area contributed by atoms with E-state index in [0.717, 1.165) is 49.8 Å². The van der Waals surface area contributed by atoms with Crippen LogP contribution in [-0.2, 0) is 0 Å². The highest BCUT2D eigenvalue weighted by atomic mass is 32.1. The van der Waals surface area contributed by atoms with Crippen LogP contribution >= 0.6 is 11.3 Å². The van der Waals surface area contributed by atoms with Gasteiger partial charge < -0.3 is 4.42 Å². The number of nitrogens with zero attached hydrogens (tertiary/aromatic N) is 1. The van der Waals surface area contributed by atoms with Gasteiger partial charge in [0, 0.05) is 36.5 Å². The predicted molar refractivity (Wildman–Crippen MR) is 168 cm³/mol. The van der Waals surface area contributed by atoms with Gasteiger partial charge in [0.05, 0.1) is 11.6 Å². The first-order valence-corrected chi connectivity index (χ1v) is 14.1. The maximum Gasteiger partial charge on any atom is 0.143 e. The molecule has 2 aromatic heterocycles. The molecule has 3 heteroatoms. The van der Waals surface area contributed by atoms with Crippen LogP contribution in [-0.4, -0.2) is 0 Å². The molecule has 0 saturated heterocycles. The van der Waals surface area contributed by atoms with E-state index in [4.69, 9.17) is 4.42 Å². The summed E-state index contributed by atoms with van der Waals surface area (Å²) < 4.78 is 9.00. The van der Waals surface area contributed by atoms with Crippen LogP contribution in [0.3, 0.4) is 0 Å². The number of nitriles is 1. The highest BCUT2D eigenvalue weighted by molar-refractivity contribution is 7.26. The standard InChI is InChI=1S/C37H21NOS/c38-22-23-8-5-9-24(18-23)25-19-26(28-12-6-14-32-30-10-1-3-16-34(30)39-36(28)32)21-27(20-25)29-13-7-15-33-31-11-2-4-17-35(31)40-37(29)33/h1-21H. The third-order valence-electron chi connectivity index (χ3n) is 7.69. The summed E-state index contributed by atoms with van der Waals surface area (Å²) >= 11 is 1.84. The SMILES string of the molecule is N#Cc1cccc(-c2cc(-c3cccc4c3oc3ccccc34)cc(-c3cccc4c3sc3ccccc34)c2)c1. The Hall–Kier alpha value is -5.17. The zero-order valence-electron chi connectivity index (χ0n) is 21.4. The molecule has 8 rings (SSSR count). The van der Waals surface area contributed by atoms with Gasteiger partial charge in [-0.1, -0.05) is 84.9 Å². The van der Waals surface area contributed by atoms with E-state index >= 15 is 0 Å². The molecule has 186 valence electrons. The van der Waals surface area contributed by atoms with E-state index in [2.05, 4.69) is 103 Å². The van der Waals surface area contributed by atoms with E-state index in [0.29, 0.717) is 5.56 Å². The second-order valence-electron chi connectivity index (χ2n) is 10.1. The zero-order valence-corrected chi connectivity index (χ0v) is 22.2. The van der Waals surface area contributed by atoms with Crippen molar-refractivity contribution in [3.8, 4) is 39.4 Å². The van der Waals surface area contributed by atoms with Crippen LogP contribution in [0.25, 0.3) is 75.5 Å². The van der Waals surface area contributed by atoms with Gasteiger partial charge in [-0.05, 0) is 70.3 Å². The van der Waals surface area contributed by atoms with E-state index in [9.17, 15) is 5.26 Å². The molecule has 0 atom stereocenters. The summed E-state index contributed by atoms with van der Waals surface area (Å²) in [6.07, 6.45) is 0. The fourth-order valence-electron chi connectivity index (χ4n) is 5.82. The van der Waals surface area contributed by atoms with Gasteiger partial charge in [-0.3, -0.25) is 0 Å². The van der Waals surface area contributed by atoms with Gasteiger partial charge in [0.1, 0.15) is 11.2 Å². The fraction of sp³-hybridized carbons (Fsp3) is 0. The monoisotopic (exact) mass is 527 g/mol. The van der Waals surface area contributed by atoms with Crippen molar-refractivity contribution < 1.29 is 4.42 Å². The van der Waals surface area contributed by atoms with Crippen molar-refractivity contribution in [2.75, 3.05) is 0 Å². The Kier molecular flexibility index (Phi) is 5.10. The van der Waals surface area contributed by atoms with Crippen molar-refractivity contribution in [2.24, 2.45) is 0 Å². The van der Waals surface area contributed by atoms with Crippen molar-refractivity contribution in [1.29, 1.82) is 5.26 Å². The number of benzene rings is 6. The largest absolute Gasteiger partial charge is 0.455 e. The van der Waals surface area contributed by atoms with Crippen LogP contribution in [0.2, 0.25) is 0 Å². The molecule has 8 aromatic rings. The van der Waals surface area contributed by atoms with Crippen LogP contribution < -0.4 is 0 Å². The molecule has 0 aliphatic heterocycles. The molecule has 0 spiro atoms. The van der Waals surface area contributed by atoms with Crippen LogP contribution in [0, 0.1) is 11.3 Å². The first-order chi connectivity index (χ1) is 19.8. The van der Waals surface area contributed by atoms with Crippen molar-refractivity contribution in [3.05, 3.63) is 133 Å². The van der Waals surface area contributed by atoms with Crippen LogP contribution in [0.5, 0.6) is 0 Å². The van der Waals surface area contributed by atoms with Gasteiger partial charge in [0.2, 0.25) is 0 Å². The van der Waals surface area contributed by atoms with Gasteiger partial charge in [-0.25, -0.2) is 0 Å². The van der Waals surface area contributed by atoms with Gasteiger partial charge >= 0.3 is 0 Å². The lowest BCUT2D eigenvalue weighted by Gasteiger charge is -2.12. The molecular weight excluding hydrogens is 506 g/mol. The minimum Gasteiger partial charge on any atom is -0.455 e. The van der Waals surface area contributed by atoms with Crippen molar-refractivity contribution in [2.45, 2.75) is 0 Å². The van der Waals surface area contributed by atoms with Crippen LogP contribution in [0.15, 0.2) is 132 Å². The Labute approximate surface area is 235 Å². The summed E-state index contributed by atoms with van der Waals surface area (Å²) in [6, 6.07) is 46.6. The number of hydrogen-bond donors (Lipinski definition) is 0. The second kappa shape index (κ2) is 8.95. The number of rotatable bonds is 3. The molecule has 0 unspecified atom stereocenters. The summed E-state index contributed by atoms with van der Waals surface area (Å²) in [5.41, 5.74) is 8.98. The van der Waals surface area contributed by atoms with Gasteiger partial charge in [-0.2, -0.15) is 5.26 Å². The molecule has 0 aliphatic carbocycles. The first kappa shape index (κ1) is 22.8. The van der Waals surface area contributed by atoms with Crippen LogP contribution in [0.4, 0.5) is 0 Å². The molecule has 0 radical (unpaired) electrons. The molecular formula is C37H21NOS. The number of fused-ring (bicyclic) bond motifs is 6. The Bertz CT molecular complexity index is 2160. The van der Waals surface area contributed by atoms with E-state index < -0.39 is 0 Å². The molecule has 0 amide bonds. The first-order valence-electron chi connectivity index (χ1n) is 13.2.